The highest BCUT2D eigenvalue weighted by molar-refractivity contribution is 6.02. The predicted octanol–water partition coefficient (Wildman–Crippen LogP) is 3.67. The molecule has 31 heavy (non-hydrogen) atoms. The highest BCUT2D eigenvalue weighted by atomic mass is 16.5. The smallest absolute Gasteiger partial charge is 0.267 e. The fraction of sp³-hybridized carbons (Fsp3) is 0.130. The van der Waals surface area contributed by atoms with Gasteiger partial charge in [-0.15, -0.1) is 0 Å². The molecule has 2 N–H and O–H groups in total. The Morgan fingerprint density at radius 3 is 2.68 bits per heavy atom. The van der Waals surface area contributed by atoms with Crippen molar-refractivity contribution in [2.45, 2.75) is 13.5 Å². The van der Waals surface area contributed by atoms with Crippen LogP contribution in [-0.4, -0.2) is 31.3 Å². The maximum atomic E-state index is 13.2. The number of aromatic nitrogens is 5. The van der Waals surface area contributed by atoms with Gasteiger partial charge in [0.15, 0.2) is 5.65 Å². The van der Waals surface area contributed by atoms with Crippen molar-refractivity contribution in [2.75, 3.05) is 11.9 Å². The average Bonchev–Trinajstić information content (AvgIpc) is 3.30. The van der Waals surface area contributed by atoms with E-state index in [9.17, 15) is 4.79 Å². The molecule has 2 aromatic carbocycles. The Morgan fingerprint density at radius 1 is 1.03 bits per heavy atom. The van der Waals surface area contributed by atoms with E-state index in [1.54, 1.807) is 10.8 Å². The Balaban J connectivity index is 1.61. The Hall–Kier alpha value is -4.20. The molecule has 0 amide bonds. The second-order valence-corrected chi connectivity index (χ2v) is 6.96. The molecular formula is C23H20N6O2. The summed E-state index contributed by atoms with van der Waals surface area (Å²) in [4.78, 5) is 22.4. The van der Waals surface area contributed by atoms with Gasteiger partial charge in [0.2, 0.25) is 5.95 Å². The van der Waals surface area contributed by atoms with E-state index in [-0.39, 0.29) is 5.56 Å². The van der Waals surface area contributed by atoms with Gasteiger partial charge in [0, 0.05) is 18.3 Å². The maximum Gasteiger partial charge on any atom is 0.267 e. The van der Waals surface area contributed by atoms with Gasteiger partial charge in [-0.3, -0.25) is 14.5 Å². The third kappa shape index (κ3) is 3.38. The minimum absolute atomic E-state index is 0.186. The highest BCUT2D eigenvalue weighted by Crippen LogP contribution is 2.23. The van der Waals surface area contributed by atoms with E-state index in [4.69, 9.17) is 4.74 Å². The van der Waals surface area contributed by atoms with Gasteiger partial charge >= 0.3 is 0 Å². The molecule has 0 unspecified atom stereocenters. The number of ether oxygens (including phenoxy) is 1. The SMILES string of the molecule is CCOc1ccccc1CNc1ncc2c3[nH]ncc3c(=O)n(-c3ccccc3)c2n1. The summed E-state index contributed by atoms with van der Waals surface area (Å²) in [7, 11) is 0. The van der Waals surface area contributed by atoms with Crippen LogP contribution < -0.4 is 15.6 Å². The van der Waals surface area contributed by atoms with Crippen LogP contribution in [0, 0.1) is 0 Å². The van der Waals surface area contributed by atoms with Gasteiger partial charge in [-0.25, -0.2) is 4.98 Å². The molecule has 3 heterocycles. The predicted molar refractivity (Wildman–Crippen MR) is 120 cm³/mol. The number of hydrogen-bond acceptors (Lipinski definition) is 6. The topological polar surface area (TPSA) is 97.7 Å². The molecule has 0 atom stereocenters. The Bertz CT molecular complexity index is 1430. The van der Waals surface area contributed by atoms with Gasteiger partial charge in [-0.1, -0.05) is 36.4 Å². The van der Waals surface area contributed by atoms with Gasteiger partial charge in [-0.2, -0.15) is 10.1 Å². The molecular weight excluding hydrogens is 392 g/mol. The van der Waals surface area contributed by atoms with E-state index in [0.29, 0.717) is 35.7 Å². The molecule has 0 saturated carbocycles. The van der Waals surface area contributed by atoms with E-state index in [0.717, 1.165) is 22.4 Å². The minimum atomic E-state index is -0.186. The number of para-hydroxylation sites is 2. The zero-order chi connectivity index (χ0) is 21.2. The number of anilines is 1. The van der Waals surface area contributed by atoms with E-state index >= 15 is 0 Å². The lowest BCUT2D eigenvalue weighted by Crippen LogP contribution is -2.20. The number of aromatic amines is 1. The molecule has 0 aliphatic carbocycles. The standard InChI is InChI=1S/C23H20N6O2/c1-2-31-19-11-7-6-8-15(19)12-24-23-25-13-17-20-18(14-26-28-20)22(30)29(21(17)27-23)16-9-4-3-5-10-16/h3-11,13-14H,2,12H2,1H3,(H,26,28)(H,24,25,27). The van der Waals surface area contributed by atoms with Crippen LogP contribution in [0.5, 0.6) is 5.75 Å². The summed E-state index contributed by atoms with van der Waals surface area (Å²) >= 11 is 0. The van der Waals surface area contributed by atoms with Gasteiger partial charge < -0.3 is 10.1 Å². The summed E-state index contributed by atoms with van der Waals surface area (Å²) in [5.74, 6) is 1.24. The minimum Gasteiger partial charge on any atom is -0.494 e. The van der Waals surface area contributed by atoms with Crippen LogP contribution in [0.1, 0.15) is 12.5 Å². The molecule has 0 aliphatic heterocycles. The zero-order valence-electron chi connectivity index (χ0n) is 16.9. The van der Waals surface area contributed by atoms with Gasteiger partial charge in [0.1, 0.15) is 5.75 Å². The van der Waals surface area contributed by atoms with Crippen molar-refractivity contribution < 1.29 is 4.74 Å². The molecule has 0 bridgehead atoms. The van der Waals surface area contributed by atoms with Crippen molar-refractivity contribution in [1.29, 1.82) is 0 Å². The van der Waals surface area contributed by atoms with E-state index < -0.39 is 0 Å². The average molecular weight is 412 g/mol. The Kier molecular flexibility index (Phi) is 4.80. The molecule has 154 valence electrons. The fourth-order valence-electron chi connectivity index (χ4n) is 3.61. The lowest BCUT2D eigenvalue weighted by atomic mass is 10.2. The summed E-state index contributed by atoms with van der Waals surface area (Å²) in [6, 6.07) is 17.3. The summed E-state index contributed by atoms with van der Waals surface area (Å²) in [5, 5.41) is 11.4. The number of benzene rings is 2. The summed E-state index contributed by atoms with van der Waals surface area (Å²) in [6.45, 7) is 3.03. The molecule has 5 aromatic rings. The zero-order valence-corrected chi connectivity index (χ0v) is 16.9. The lowest BCUT2D eigenvalue weighted by molar-refractivity contribution is 0.337. The number of rotatable bonds is 6. The van der Waals surface area contributed by atoms with Crippen molar-refractivity contribution >= 4 is 27.9 Å². The molecule has 8 nitrogen and oxygen atoms in total. The van der Waals surface area contributed by atoms with Crippen LogP contribution in [-0.2, 0) is 6.54 Å². The van der Waals surface area contributed by atoms with E-state index in [1.807, 2.05) is 61.5 Å². The van der Waals surface area contributed by atoms with Crippen molar-refractivity contribution in [2.24, 2.45) is 0 Å². The highest BCUT2D eigenvalue weighted by Gasteiger charge is 2.16. The van der Waals surface area contributed by atoms with Crippen LogP contribution in [0.15, 0.2) is 71.8 Å². The van der Waals surface area contributed by atoms with Crippen molar-refractivity contribution in [3.05, 3.63) is 82.9 Å². The van der Waals surface area contributed by atoms with Gasteiger partial charge in [0.25, 0.3) is 5.56 Å². The first-order valence-corrected chi connectivity index (χ1v) is 10.0. The van der Waals surface area contributed by atoms with Gasteiger partial charge in [0.05, 0.1) is 34.8 Å². The van der Waals surface area contributed by atoms with Crippen molar-refractivity contribution in [3.8, 4) is 11.4 Å². The first-order valence-electron chi connectivity index (χ1n) is 10.0. The molecule has 0 fully saturated rings. The first kappa shape index (κ1) is 18.8. The second kappa shape index (κ2) is 7.91. The molecule has 5 rings (SSSR count). The van der Waals surface area contributed by atoms with Crippen LogP contribution in [0.4, 0.5) is 5.95 Å². The van der Waals surface area contributed by atoms with E-state index in [1.165, 1.54) is 6.20 Å². The number of H-pyrrole nitrogens is 1. The fourth-order valence-corrected chi connectivity index (χ4v) is 3.61. The quantitative estimate of drug-likeness (QED) is 0.442. The monoisotopic (exact) mass is 412 g/mol. The number of pyridine rings is 1. The third-order valence-electron chi connectivity index (χ3n) is 5.05. The maximum absolute atomic E-state index is 13.2. The summed E-state index contributed by atoms with van der Waals surface area (Å²) in [6.07, 6.45) is 3.24. The largest absolute Gasteiger partial charge is 0.494 e. The van der Waals surface area contributed by atoms with Crippen LogP contribution in [0.25, 0.3) is 27.6 Å². The van der Waals surface area contributed by atoms with Crippen LogP contribution in [0.2, 0.25) is 0 Å². The van der Waals surface area contributed by atoms with Crippen LogP contribution in [0.3, 0.4) is 0 Å². The first-order chi connectivity index (χ1) is 15.3. The third-order valence-corrected chi connectivity index (χ3v) is 5.05. The van der Waals surface area contributed by atoms with E-state index in [2.05, 4.69) is 25.5 Å². The van der Waals surface area contributed by atoms with Crippen molar-refractivity contribution in [1.82, 2.24) is 24.7 Å². The Morgan fingerprint density at radius 2 is 1.84 bits per heavy atom. The van der Waals surface area contributed by atoms with Crippen molar-refractivity contribution in [3.63, 3.8) is 0 Å². The molecule has 0 aliphatic rings. The number of fused-ring (bicyclic) bond motifs is 3. The molecule has 0 radical (unpaired) electrons. The normalized spacial score (nSPS) is 11.1. The Labute approximate surface area is 177 Å². The number of hydrogen-bond donors (Lipinski definition) is 2. The summed E-state index contributed by atoms with van der Waals surface area (Å²) < 4.78 is 7.28. The number of nitrogens with zero attached hydrogens (tertiary/aromatic N) is 4. The lowest BCUT2D eigenvalue weighted by Gasteiger charge is -2.13. The molecule has 0 saturated heterocycles. The molecule has 8 heteroatoms. The number of nitrogens with one attached hydrogen (secondary N) is 2. The van der Waals surface area contributed by atoms with Gasteiger partial charge in [-0.05, 0) is 25.1 Å². The summed E-state index contributed by atoms with van der Waals surface area (Å²) in [5.41, 5.74) is 2.67. The molecule has 3 aromatic heterocycles. The second-order valence-electron chi connectivity index (χ2n) is 6.96. The molecule has 0 spiro atoms. The van der Waals surface area contributed by atoms with Crippen LogP contribution >= 0.6 is 0 Å².